The van der Waals surface area contributed by atoms with Crippen molar-refractivity contribution >= 4 is 50.7 Å². The highest BCUT2D eigenvalue weighted by atomic mass is 35.5. The molecule has 0 bridgehead atoms. The molecule has 0 aliphatic heterocycles. The van der Waals surface area contributed by atoms with Crippen LogP contribution >= 0.6 is 23.2 Å². The minimum atomic E-state index is -4.31. The Labute approximate surface area is 263 Å². The number of sulfonamides is 1. The first-order valence-corrected chi connectivity index (χ1v) is 15.9. The molecule has 0 unspecified atom stereocenters. The maximum atomic E-state index is 14.1. The Bertz CT molecular complexity index is 1530. The molecule has 9 nitrogen and oxygen atoms in total. The number of anilines is 1. The van der Waals surface area contributed by atoms with Crippen LogP contribution < -0.4 is 19.1 Å². The lowest BCUT2D eigenvalue weighted by atomic mass is 10.1. The van der Waals surface area contributed by atoms with Gasteiger partial charge in [-0.25, -0.2) is 8.42 Å². The van der Waals surface area contributed by atoms with Crippen molar-refractivity contribution in [2.75, 3.05) is 25.1 Å². The van der Waals surface area contributed by atoms with Gasteiger partial charge in [0.25, 0.3) is 10.0 Å². The highest BCUT2D eigenvalue weighted by molar-refractivity contribution is 7.92. The normalized spacial score (nSPS) is 12.7. The van der Waals surface area contributed by atoms with Crippen LogP contribution in [-0.4, -0.2) is 58.0 Å². The minimum absolute atomic E-state index is 0.109. The topological polar surface area (TPSA) is 105 Å². The van der Waals surface area contributed by atoms with Crippen LogP contribution in [0.1, 0.15) is 38.3 Å². The van der Waals surface area contributed by atoms with Gasteiger partial charge in [-0.3, -0.25) is 13.9 Å². The fourth-order valence-corrected chi connectivity index (χ4v) is 6.19. The predicted octanol–water partition coefficient (Wildman–Crippen LogP) is 5.85. The molecule has 0 aliphatic carbocycles. The van der Waals surface area contributed by atoms with Crippen LogP contribution in [-0.2, 0) is 26.2 Å². The second-order valence-electron chi connectivity index (χ2n) is 10.1. The molecule has 12 heteroatoms. The van der Waals surface area contributed by atoms with Gasteiger partial charge in [0.05, 0.1) is 24.8 Å². The number of benzene rings is 3. The van der Waals surface area contributed by atoms with E-state index in [1.54, 1.807) is 49.4 Å². The Balaban J connectivity index is 2.10. The number of rotatable bonds is 13. The number of amides is 2. The van der Waals surface area contributed by atoms with Crippen LogP contribution in [0.25, 0.3) is 0 Å². The van der Waals surface area contributed by atoms with E-state index in [1.165, 1.54) is 37.3 Å². The zero-order valence-corrected chi connectivity index (χ0v) is 27.4. The number of halogens is 2. The first-order valence-electron chi connectivity index (χ1n) is 13.7. The van der Waals surface area contributed by atoms with Gasteiger partial charge < -0.3 is 19.7 Å². The van der Waals surface area contributed by atoms with Crippen LogP contribution in [0.2, 0.25) is 10.0 Å². The zero-order chi connectivity index (χ0) is 31.9. The lowest BCUT2D eigenvalue weighted by Crippen LogP contribution is -2.52. The molecule has 0 radical (unpaired) electrons. The third-order valence-electron chi connectivity index (χ3n) is 7.10. The maximum Gasteiger partial charge on any atom is 0.264 e. The van der Waals surface area contributed by atoms with E-state index in [4.69, 9.17) is 32.7 Å². The van der Waals surface area contributed by atoms with Gasteiger partial charge in [-0.2, -0.15) is 0 Å². The number of hydrogen-bond donors (Lipinski definition) is 1. The Kier molecular flexibility index (Phi) is 11.7. The lowest BCUT2D eigenvalue weighted by Gasteiger charge is -2.33. The summed E-state index contributed by atoms with van der Waals surface area (Å²) in [5.41, 5.74) is 1.61. The number of methoxy groups -OCH3 is 2. The highest BCUT2D eigenvalue weighted by Gasteiger charge is 2.34. The van der Waals surface area contributed by atoms with Crippen molar-refractivity contribution in [3.63, 3.8) is 0 Å². The van der Waals surface area contributed by atoms with E-state index in [0.717, 1.165) is 9.87 Å². The summed E-state index contributed by atoms with van der Waals surface area (Å²) in [6.07, 6.45) is 0.688. The summed E-state index contributed by atoms with van der Waals surface area (Å²) >= 11 is 12.9. The molecular formula is C31H37Cl2N3O6S. The molecule has 0 aliphatic rings. The zero-order valence-electron chi connectivity index (χ0n) is 25.1. The van der Waals surface area contributed by atoms with Crippen molar-refractivity contribution in [3.05, 3.63) is 81.8 Å². The molecule has 3 aromatic carbocycles. The highest BCUT2D eigenvalue weighted by Crippen LogP contribution is 2.33. The third kappa shape index (κ3) is 8.13. The average molecular weight is 651 g/mol. The molecule has 3 aromatic rings. The van der Waals surface area contributed by atoms with Gasteiger partial charge in [-0.05, 0) is 63.6 Å². The van der Waals surface area contributed by atoms with Crippen molar-refractivity contribution < 1.29 is 27.5 Å². The fraction of sp³-hybridized carbons (Fsp3) is 0.355. The Morgan fingerprint density at radius 1 is 0.930 bits per heavy atom. The summed E-state index contributed by atoms with van der Waals surface area (Å²) in [6, 6.07) is 14.8. The minimum Gasteiger partial charge on any atom is -0.493 e. The summed E-state index contributed by atoms with van der Waals surface area (Å²) < 4.78 is 39.9. The predicted molar refractivity (Wildman–Crippen MR) is 170 cm³/mol. The molecule has 0 saturated carbocycles. The molecule has 0 fully saturated rings. The molecule has 3 rings (SSSR count). The van der Waals surface area contributed by atoms with Crippen LogP contribution in [0.5, 0.6) is 11.5 Å². The molecule has 232 valence electrons. The first kappa shape index (κ1) is 34.0. The number of nitrogens with zero attached hydrogens (tertiary/aromatic N) is 2. The summed E-state index contributed by atoms with van der Waals surface area (Å²) in [4.78, 5) is 28.5. The maximum absolute atomic E-state index is 14.1. The summed E-state index contributed by atoms with van der Waals surface area (Å²) in [5.74, 6) is -0.463. The lowest BCUT2D eigenvalue weighted by molar-refractivity contribution is -0.139. The Morgan fingerprint density at radius 2 is 1.53 bits per heavy atom. The SMILES string of the molecule is CC[C@@H](C)NC(=O)[C@H](C)N(Cc1c(Cl)cccc1Cl)C(=O)CN(c1ccc(C)cc1)S(=O)(=O)c1ccc(OC)c(OC)c1. The van der Waals surface area contributed by atoms with E-state index in [1.807, 2.05) is 20.8 Å². The monoisotopic (exact) mass is 649 g/mol. The first-order chi connectivity index (χ1) is 20.3. The van der Waals surface area contributed by atoms with Gasteiger partial charge in [-0.1, -0.05) is 53.9 Å². The van der Waals surface area contributed by atoms with Gasteiger partial charge in [0.2, 0.25) is 11.8 Å². The number of carbonyl (C=O) groups excluding carboxylic acids is 2. The van der Waals surface area contributed by atoms with E-state index in [-0.39, 0.29) is 28.9 Å². The van der Waals surface area contributed by atoms with Crippen molar-refractivity contribution in [2.24, 2.45) is 0 Å². The second kappa shape index (κ2) is 14.8. The van der Waals surface area contributed by atoms with Crippen LogP contribution in [0, 0.1) is 6.92 Å². The van der Waals surface area contributed by atoms with Crippen molar-refractivity contribution in [1.82, 2.24) is 10.2 Å². The van der Waals surface area contributed by atoms with Crippen molar-refractivity contribution in [2.45, 2.75) is 57.6 Å². The van der Waals surface area contributed by atoms with Gasteiger partial charge in [0.1, 0.15) is 12.6 Å². The molecule has 2 amide bonds. The van der Waals surface area contributed by atoms with Gasteiger partial charge in [-0.15, -0.1) is 0 Å². The molecule has 43 heavy (non-hydrogen) atoms. The number of carbonyl (C=O) groups is 2. The summed E-state index contributed by atoms with van der Waals surface area (Å²) in [7, 11) is -1.47. The third-order valence-corrected chi connectivity index (χ3v) is 9.58. The van der Waals surface area contributed by atoms with E-state index in [9.17, 15) is 18.0 Å². The van der Waals surface area contributed by atoms with E-state index in [0.29, 0.717) is 27.8 Å². The standard InChI is InChI=1S/C31H37Cl2N3O6S/c1-7-21(3)34-31(38)22(4)35(18-25-26(32)9-8-10-27(25)33)30(37)19-36(23-13-11-20(2)12-14-23)43(39,40)24-15-16-28(41-5)29(17-24)42-6/h8-17,21-22H,7,18-19H2,1-6H3,(H,34,38)/t21-,22+/m1/s1. The number of hydrogen-bond acceptors (Lipinski definition) is 6. The van der Waals surface area contributed by atoms with Crippen LogP contribution in [0.3, 0.4) is 0 Å². The van der Waals surface area contributed by atoms with Gasteiger partial charge in [0, 0.05) is 34.3 Å². The molecule has 2 atom stereocenters. The van der Waals surface area contributed by atoms with Crippen LogP contribution in [0.4, 0.5) is 5.69 Å². The Morgan fingerprint density at radius 3 is 2.09 bits per heavy atom. The van der Waals surface area contributed by atoms with Crippen molar-refractivity contribution in [1.29, 1.82) is 0 Å². The fourth-order valence-electron chi connectivity index (χ4n) is 4.25. The van der Waals surface area contributed by atoms with E-state index in [2.05, 4.69) is 5.32 Å². The van der Waals surface area contributed by atoms with E-state index >= 15 is 0 Å². The van der Waals surface area contributed by atoms with E-state index < -0.39 is 34.4 Å². The van der Waals surface area contributed by atoms with Crippen LogP contribution in [0.15, 0.2) is 65.6 Å². The second-order valence-corrected chi connectivity index (χ2v) is 12.8. The van der Waals surface area contributed by atoms with Gasteiger partial charge >= 0.3 is 0 Å². The molecule has 0 aromatic heterocycles. The quantitative estimate of drug-likeness (QED) is 0.249. The largest absolute Gasteiger partial charge is 0.493 e. The molecular weight excluding hydrogens is 613 g/mol. The summed E-state index contributed by atoms with van der Waals surface area (Å²) in [5, 5.41) is 3.52. The molecule has 0 saturated heterocycles. The number of aryl methyl sites for hydroxylation is 1. The molecule has 0 spiro atoms. The molecule has 0 heterocycles. The average Bonchev–Trinajstić information content (AvgIpc) is 2.99. The molecule has 1 N–H and O–H groups in total. The smallest absolute Gasteiger partial charge is 0.264 e. The number of nitrogens with one attached hydrogen (secondary N) is 1. The van der Waals surface area contributed by atoms with Crippen molar-refractivity contribution in [3.8, 4) is 11.5 Å². The summed E-state index contributed by atoms with van der Waals surface area (Å²) in [6.45, 7) is 6.51. The number of ether oxygens (including phenoxy) is 2. The van der Waals surface area contributed by atoms with Gasteiger partial charge in [0.15, 0.2) is 11.5 Å². The Hall–Kier alpha value is -3.47.